The van der Waals surface area contributed by atoms with E-state index in [4.69, 9.17) is 5.26 Å². The summed E-state index contributed by atoms with van der Waals surface area (Å²) in [6.07, 6.45) is -4.60. The van der Waals surface area contributed by atoms with Gasteiger partial charge in [0.15, 0.2) is 4.90 Å². The molecule has 0 N–H and O–H groups in total. The summed E-state index contributed by atoms with van der Waals surface area (Å²) < 4.78 is 64.2. The molecule has 28 heavy (non-hydrogen) atoms. The van der Waals surface area contributed by atoms with Gasteiger partial charge in [-0.2, -0.15) is 18.4 Å². The van der Waals surface area contributed by atoms with Crippen molar-refractivity contribution in [2.45, 2.75) is 18.0 Å². The summed E-state index contributed by atoms with van der Waals surface area (Å²) in [6.45, 7) is 1.40. The third-order valence-electron chi connectivity index (χ3n) is 3.71. The smallest absolute Gasteiger partial charge is 0.433 e. The Kier molecular flexibility index (Phi) is 6.69. The fourth-order valence-electron chi connectivity index (χ4n) is 2.43. The van der Waals surface area contributed by atoms with E-state index in [1.807, 2.05) is 6.07 Å². The number of aliphatic imine (C=N–C) groups is 1. The number of nitriles is 1. The number of amidine groups is 1. The molecular weight excluding hydrogens is 394 g/mol. The highest BCUT2D eigenvalue weighted by Crippen LogP contribution is 2.30. The molecule has 0 amide bonds. The van der Waals surface area contributed by atoms with Crippen LogP contribution in [0.25, 0.3) is 0 Å². The van der Waals surface area contributed by atoms with E-state index >= 15 is 0 Å². The van der Waals surface area contributed by atoms with E-state index in [0.717, 1.165) is 12.1 Å². The molecule has 0 aliphatic heterocycles. The lowest BCUT2D eigenvalue weighted by molar-refractivity contribution is -0.106. The van der Waals surface area contributed by atoms with Crippen molar-refractivity contribution in [3.05, 3.63) is 58.9 Å². The Morgan fingerprint density at radius 1 is 1.21 bits per heavy atom. The predicted molar refractivity (Wildman–Crippen MR) is 99.5 cm³/mol. The van der Waals surface area contributed by atoms with E-state index in [1.54, 1.807) is 43.3 Å². The van der Waals surface area contributed by atoms with Crippen LogP contribution < -0.4 is 0 Å². The average Bonchev–Trinajstić information content (AvgIpc) is 2.59. The number of benzene rings is 2. The topological polar surface area (TPSA) is 62.5 Å². The molecule has 9 heteroatoms. The fraction of sp³-hybridized carbons (Fsp3) is 0.263. The summed E-state index contributed by atoms with van der Waals surface area (Å²) >= 11 is -2.37. The molecule has 0 aliphatic rings. The monoisotopic (exact) mass is 411 g/mol. The van der Waals surface area contributed by atoms with E-state index in [2.05, 4.69) is 4.99 Å². The molecule has 1 unspecified atom stereocenters. The van der Waals surface area contributed by atoms with Gasteiger partial charge in [-0.15, -0.1) is 0 Å². The van der Waals surface area contributed by atoms with Crippen molar-refractivity contribution in [1.29, 1.82) is 5.26 Å². The molecule has 0 fully saturated rings. The molecule has 2 rings (SSSR count). The molecule has 1 atom stereocenters. The first-order chi connectivity index (χ1) is 13.0. The Bertz CT molecular complexity index is 919. The van der Waals surface area contributed by atoms with Crippen LogP contribution in [0.3, 0.4) is 0 Å². The van der Waals surface area contributed by atoms with Crippen LogP contribution >= 0.6 is 0 Å². The third-order valence-corrected chi connectivity index (χ3v) is 5.23. The summed E-state index contributed by atoms with van der Waals surface area (Å²) in [5.74, 6) is -1.92. The Morgan fingerprint density at radius 3 is 2.32 bits per heavy atom. The maximum absolute atomic E-state index is 14.4. The number of nitrogens with zero attached hydrogens (tertiary/aromatic N) is 3. The highest BCUT2D eigenvalue weighted by molar-refractivity contribution is 7.91. The van der Waals surface area contributed by atoms with Gasteiger partial charge in [-0.05, 0) is 48.4 Å². The zero-order valence-electron chi connectivity index (χ0n) is 15.3. The number of alkyl halides is 3. The Balaban J connectivity index is 2.51. The normalized spacial score (nSPS) is 13.2. The molecule has 0 spiro atoms. The van der Waals surface area contributed by atoms with Gasteiger partial charge in [-0.1, -0.05) is 0 Å². The van der Waals surface area contributed by atoms with Crippen molar-refractivity contribution in [3.63, 3.8) is 0 Å². The molecule has 148 valence electrons. The first-order valence-corrected chi connectivity index (χ1v) is 9.35. The van der Waals surface area contributed by atoms with Crippen LogP contribution in [0.1, 0.15) is 16.7 Å². The molecular formula is C19H17F4N3OS. The second kappa shape index (κ2) is 8.63. The van der Waals surface area contributed by atoms with Crippen LogP contribution in [0, 0.1) is 24.1 Å². The highest BCUT2D eigenvalue weighted by Gasteiger charge is 2.36. The number of rotatable bonds is 4. The van der Waals surface area contributed by atoms with Gasteiger partial charge in [0, 0.05) is 31.3 Å². The van der Waals surface area contributed by atoms with Crippen molar-refractivity contribution in [2.24, 2.45) is 4.99 Å². The molecule has 0 aromatic heterocycles. The maximum Gasteiger partial charge on any atom is 0.433 e. The lowest BCUT2D eigenvalue weighted by atomic mass is 10.1. The van der Waals surface area contributed by atoms with Crippen LogP contribution in [0.4, 0.5) is 23.2 Å². The van der Waals surface area contributed by atoms with Crippen LogP contribution in [0.5, 0.6) is 0 Å². The lowest BCUT2D eigenvalue weighted by Crippen LogP contribution is -2.24. The van der Waals surface area contributed by atoms with Gasteiger partial charge in [0.25, 0.3) is 0 Å². The fourth-order valence-corrected chi connectivity index (χ4v) is 3.54. The second-order valence-electron chi connectivity index (χ2n) is 6.19. The van der Waals surface area contributed by atoms with Crippen LogP contribution in [0.15, 0.2) is 46.3 Å². The number of aryl methyl sites for hydroxylation is 1. The molecule has 2 aromatic carbocycles. The molecule has 0 aliphatic carbocycles. The molecule has 0 heterocycles. The number of hydrogen-bond donors (Lipinski definition) is 0. The first kappa shape index (κ1) is 21.7. The van der Waals surface area contributed by atoms with Crippen molar-refractivity contribution in [2.75, 3.05) is 19.8 Å². The zero-order valence-corrected chi connectivity index (χ0v) is 16.2. The summed E-state index contributed by atoms with van der Waals surface area (Å²) in [7, 11) is 3.34. The number of hydrogen-bond acceptors (Lipinski definition) is 3. The molecule has 0 saturated heterocycles. The van der Waals surface area contributed by atoms with Gasteiger partial charge in [0.1, 0.15) is 17.3 Å². The minimum Gasteiger partial charge on any atom is -0.611 e. The third kappa shape index (κ3) is 5.47. The summed E-state index contributed by atoms with van der Waals surface area (Å²) in [5.41, 5.74) is 0.961. The molecule has 0 radical (unpaired) electrons. The van der Waals surface area contributed by atoms with E-state index in [0.29, 0.717) is 17.0 Å². The van der Waals surface area contributed by atoms with Gasteiger partial charge in [0.05, 0.1) is 11.6 Å². The predicted octanol–water partition coefficient (Wildman–Crippen LogP) is 4.32. The molecule has 0 saturated carbocycles. The Labute approximate surface area is 163 Å². The summed E-state index contributed by atoms with van der Waals surface area (Å²) in [6, 6.07) is 10.5. The van der Waals surface area contributed by atoms with Gasteiger partial charge in [-0.25, -0.2) is 9.38 Å². The van der Waals surface area contributed by atoms with E-state index in [9.17, 15) is 22.1 Å². The standard InChI is InChI=1S/C19H17F4N3OS/c1-12-8-15(20)16(9-17(12)28(27)11-19(21,22)23)25-18(26(2)3)14-6-4-13(10-24)5-7-14/h4-9H,11H2,1-3H3/b25-18+. The van der Waals surface area contributed by atoms with Gasteiger partial charge in [-0.3, -0.25) is 0 Å². The van der Waals surface area contributed by atoms with Gasteiger partial charge >= 0.3 is 6.18 Å². The zero-order chi connectivity index (χ0) is 21.1. The summed E-state index contributed by atoms with van der Waals surface area (Å²) in [4.78, 5) is 5.72. The van der Waals surface area contributed by atoms with Crippen molar-refractivity contribution < 1.29 is 22.1 Å². The van der Waals surface area contributed by atoms with Crippen molar-refractivity contribution >= 4 is 22.7 Å². The average molecular weight is 411 g/mol. The Morgan fingerprint density at radius 2 is 1.82 bits per heavy atom. The molecule has 0 bridgehead atoms. The number of halogens is 4. The highest BCUT2D eigenvalue weighted by atomic mass is 32.2. The van der Waals surface area contributed by atoms with Gasteiger partial charge < -0.3 is 9.45 Å². The van der Waals surface area contributed by atoms with E-state index < -0.39 is 28.9 Å². The summed E-state index contributed by atoms with van der Waals surface area (Å²) in [5, 5.41) is 8.89. The van der Waals surface area contributed by atoms with E-state index in [1.165, 1.54) is 6.92 Å². The van der Waals surface area contributed by atoms with Crippen molar-refractivity contribution in [1.82, 2.24) is 4.90 Å². The largest absolute Gasteiger partial charge is 0.611 e. The minimum absolute atomic E-state index is 0.115. The Hall–Kier alpha value is -2.57. The second-order valence-corrected chi connectivity index (χ2v) is 7.61. The van der Waals surface area contributed by atoms with Crippen LogP contribution in [-0.2, 0) is 11.2 Å². The SMILES string of the molecule is Cc1cc(F)c(/N=C(\c2ccc(C#N)cc2)N(C)C)cc1[S+]([O-])CC(F)(F)F. The quantitative estimate of drug-likeness (QED) is 0.326. The first-order valence-electron chi connectivity index (χ1n) is 8.03. The van der Waals surface area contributed by atoms with E-state index in [-0.39, 0.29) is 16.1 Å². The maximum atomic E-state index is 14.4. The van der Waals surface area contributed by atoms with Crippen LogP contribution in [-0.4, -0.2) is 41.3 Å². The van der Waals surface area contributed by atoms with Crippen LogP contribution in [0.2, 0.25) is 0 Å². The molecule has 4 nitrogen and oxygen atoms in total. The lowest BCUT2D eigenvalue weighted by Gasteiger charge is -2.18. The van der Waals surface area contributed by atoms with Gasteiger partial charge in [0.2, 0.25) is 5.75 Å². The minimum atomic E-state index is -4.60. The van der Waals surface area contributed by atoms with Crippen molar-refractivity contribution in [3.8, 4) is 6.07 Å². The molecule has 2 aromatic rings.